The molecule has 286 valence electrons. The van der Waals surface area contributed by atoms with Gasteiger partial charge < -0.3 is 33.7 Å². The summed E-state index contributed by atoms with van der Waals surface area (Å²) in [5.74, 6) is -1.48. The fourth-order valence-electron chi connectivity index (χ4n) is 6.77. The van der Waals surface area contributed by atoms with Crippen molar-refractivity contribution in [2.75, 3.05) is 31.9 Å². The standard InChI is InChI=1S/C38H44Cl2N2O10S/c1-20-9-8-10-30(49-7)38(47)18-28(50-36(46)41-38)21(2)35-37(4,52-35)31(51-33(45)19-53-29-12-11-24(22(3)43)16-25(29)39)17-32(44)42(5)26-14-23(13-20)15-27(48-6)34(26)40/h8-12,14-16,21,28,30-31,35,47H,13,17-19H2,1-7H3,(H,41,46)/b10-8+,20-9+/t21?,28-,30+,31-,35?,37?,38-/m0/s1. The Morgan fingerprint density at radius 2 is 1.91 bits per heavy atom. The molecule has 2 aromatic rings. The molecule has 5 rings (SSSR count). The number of fused-ring (bicyclic) bond motifs is 5. The number of benzene rings is 2. The highest BCUT2D eigenvalue weighted by Gasteiger charge is 2.64. The number of carbonyl (C=O) groups excluding carboxylic acids is 4. The predicted octanol–water partition coefficient (Wildman–Crippen LogP) is 6.32. The smallest absolute Gasteiger partial charge is 0.409 e. The van der Waals surface area contributed by atoms with Gasteiger partial charge in [0.15, 0.2) is 11.5 Å². The van der Waals surface area contributed by atoms with Crippen LogP contribution in [0.2, 0.25) is 10.0 Å². The van der Waals surface area contributed by atoms with Crippen LogP contribution in [0.25, 0.3) is 0 Å². The number of esters is 1. The molecule has 2 saturated heterocycles. The molecule has 12 nitrogen and oxygen atoms in total. The monoisotopic (exact) mass is 790 g/mol. The number of amides is 2. The number of methoxy groups -OCH3 is 2. The number of ketones is 1. The van der Waals surface area contributed by atoms with E-state index in [0.29, 0.717) is 33.3 Å². The molecule has 0 aromatic heterocycles. The van der Waals surface area contributed by atoms with E-state index in [0.717, 1.165) is 22.9 Å². The van der Waals surface area contributed by atoms with Crippen LogP contribution in [0, 0.1) is 5.92 Å². The lowest BCUT2D eigenvalue weighted by Crippen LogP contribution is -2.63. The predicted molar refractivity (Wildman–Crippen MR) is 201 cm³/mol. The Kier molecular flexibility index (Phi) is 12.6. The zero-order chi connectivity index (χ0) is 38.8. The summed E-state index contributed by atoms with van der Waals surface area (Å²) in [7, 11) is 4.50. The second-order valence-electron chi connectivity index (χ2n) is 13.8. The first-order valence-electron chi connectivity index (χ1n) is 17.0. The van der Waals surface area contributed by atoms with Crippen molar-refractivity contribution < 1.29 is 48.0 Å². The van der Waals surface area contributed by atoms with Gasteiger partial charge in [0.1, 0.15) is 34.7 Å². The molecule has 3 aliphatic rings. The topological polar surface area (TPSA) is 153 Å². The number of epoxide rings is 1. The van der Waals surface area contributed by atoms with Crippen molar-refractivity contribution in [3.05, 3.63) is 75.3 Å². The van der Waals surface area contributed by atoms with Gasteiger partial charge in [0, 0.05) is 37.0 Å². The molecule has 2 N–H and O–H groups in total. The lowest BCUT2D eigenvalue weighted by atomic mass is 9.83. The number of Topliss-reactive ketones (excluding diaryl/α,β-unsaturated/α-hetero) is 1. The van der Waals surface area contributed by atoms with Gasteiger partial charge >= 0.3 is 12.1 Å². The third kappa shape index (κ3) is 9.04. The summed E-state index contributed by atoms with van der Waals surface area (Å²) in [5, 5.41) is 14.8. The molecule has 3 unspecified atom stereocenters. The minimum Gasteiger partial charge on any atom is -0.495 e. The number of anilines is 1. The summed E-state index contributed by atoms with van der Waals surface area (Å²) in [5.41, 5.74) is -0.419. The van der Waals surface area contributed by atoms with E-state index >= 15 is 0 Å². The second kappa shape index (κ2) is 16.4. The molecule has 0 radical (unpaired) electrons. The molecular weight excluding hydrogens is 747 g/mol. The summed E-state index contributed by atoms with van der Waals surface area (Å²) in [6.07, 6.45) is 1.07. The number of hydrogen-bond donors (Lipinski definition) is 2. The molecule has 15 heteroatoms. The number of allylic oxidation sites excluding steroid dienone is 3. The summed E-state index contributed by atoms with van der Waals surface area (Å²) < 4.78 is 29.1. The van der Waals surface area contributed by atoms with Gasteiger partial charge in [-0.25, -0.2) is 4.79 Å². The largest absolute Gasteiger partial charge is 0.495 e. The van der Waals surface area contributed by atoms with E-state index < -0.39 is 59.6 Å². The molecule has 7 atom stereocenters. The van der Waals surface area contributed by atoms with Crippen LogP contribution in [0.5, 0.6) is 5.75 Å². The SMILES string of the molecule is COc1cc2cc(c1Cl)N(C)C(=O)C[C@H](OC(=O)CSc1ccc(C(C)=O)cc1Cl)C1(C)OC1C(C)[C@@H]1C[C@@](O)(NC(=O)O1)[C@H](OC)/C=C/C=C(\C)C2. The number of alkyl carbamates (subject to hydrolysis) is 1. The minimum atomic E-state index is -1.82. The van der Waals surface area contributed by atoms with Crippen molar-refractivity contribution >= 4 is 64.4 Å². The Hall–Kier alpha value is -3.59. The maximum absolute atomic E-state index is 14.1. The fourth-order valence-corrected chi connectivity index (χ4v) is 8.13. The van der Waals surface area contributed by atoms with Crippen LogP contribution in [0.3, 0.4) is 0 Å². The van der Waals surface area contributed by atoms with Gasteiger partial charge in [-0.1, -0.05) is 60.0 Å². The Morgan fingerprint density at radius 3 is 2.57 bits per heavy atom. The third-order valence-electron chi connectivity index (χ3n) is 9.91. The van der Waals surface area contributed by atoms with Gasteiger partial charge in [-0.15, -0.1) is 11.8 Å². The Labute approximate surface area is 323 Å². The summed E-state index contributed by atoms with van der Waals surface area (Å²) >= 11 is 14.3. The van der Waals surface area contributed by atoms with Gasteiger partial charge in [0.25, 0.3) is 0 Å². The van der Waals surface area contributed by atoms with E-state index in [9.17, 15) is 24.3 Å². The van der Waals surface area contributed by atoms with Gasteiger partial charge in [-0.3, -0.25) is 19.7 Å². The average molecular weight is 792 g/mol. The number of ether oxygens (including phenoxy) is 5. The summed E-state index contributed by atoms with van der Waals surface area (Å²) in [4.78, 5) is 54.1. The van der Waals surface area contributed by atoms with E-state index in [2.05, 4.69) is 5.32 Å². The molecule has 0 saturated carbocycles. The first-order valence-corrected chi connectivity index (χ1v) is 18.7. The highest BCUT2D eigenvalue weighted by Crippen LogP contribution is 2.49. The van der Waals surface area contributed by atoms with Crippen LogP contribution < -0.4 is 15.0 Å². The van der Waals surface area contributed by atoms with Gasteiger partial charge in [-0.05, 0) is 57.0 Å². The van der Waals surface area contributed by atoms with Gasteiger partial charge in [0.2, 0.25) is 5.91 Å². The van der Waals surface area contributed by atoms with Crippen LogP contribution in [0.15, 0.2) is 59.0 Å². The summed E-state index contributed by atoms with van der Waals surface area (Å²) in [6.45, 7) is 6.89. The molecular formula is C38H44Cl2N2O10S. The van der Waals surface area contributed by atoms with E-state index in [-0.39, 0.29) is 29.4 Å². The van der Waals surface area contributed by atoms with E-state index in [1.807, 2.05) is 13.0 Å². The molecule has 2 amide bonds. The molecule has 0 spiro atoms. The highest BCUT2D eigenvalue weighted by molar-refractivity contribution is 8.00. The Balaban J connectivity index is 1.49. The summed E-state index contributed by atoms with van der Waals surface area (Å²) in [6, 6.07) is 8.41. The first kappa shape index (κ1) is 40.6. The molecule has 3 aliphatic heterocycles. The number of halogens is 2. The van der Waals surface area contributed by atoms with E-state index in [1.54, 1.807) is 57.3 Å². The molecule has 3 heterocycles. The van der Waals surface area contributed by atoms with E-state index in [1.165, 1.54) is 32.1 Å². The van der Waals surface area contributed by atoms with Crippen LogP contribution in [0.4, 0.5) is 10.5 Å². The number of nitrogens with one attached hydrogen (secondary N) is 1. The zero-order valence-corrected chi connectivity index (χ0v) is 32.9. The third-order valence-corrected chi connectivity index (χ3v) is 11.8. The van der Waals surface area contributed by atoms with Crippen molar-refractivity contribution in [3.8, 4) is 5.75 Å². The second-order valence-corrected chi connectivity index (χ2v) is 15.6. The lowest BCUT2D eigenvalue weighted by molar-refractivity contribution is -0.150. The van der Waals surface area contributed by atoms with E-state index in [4.69, 9.17) is 46.9 Å². The highest BCUT2D eigenvalue weighted by atomic mass is 35.5. The molecule has 2 fully saturated rings. The Morgan fingerprint density at radius 1 is 1.17 bits per heavy atom. The molecule has 53 heavy (non-hydrogen) atoms. The van der Waals surface area contributed by atoms with Crippen molar-refractivity contribution in [1.29, 1.82) is 0 Å². The Bertz CT molecular complexity index is 1840. The molecule has 4 bridgehead atoms. The molecule has 0 aliphatic carbocycles. The quantitative estimate of drug-likeness (QED) is 0.140. The fraction of sp³-hybridized carbons (Fsp3) is 0.474. The van der Waals surface area contributed by atoms with Crippen LogP contribution in [-0.2, 0) is 35.0 Å². The average Bonchev–Trinajstić information content (AvgIpc) is 3.80. The molecule has 2 aromatic carbocycles. The van der Waals surface area contributed by atoms with Crippen LogP contribution >= 0.6 is 35.0 Å². The lowest BCUT2D eigenvalue weighted by Gasteiger charge is -2.42. The minimum absolute atomic E-state index is 0.0442. The van der Waals surface area contributed by atoms with Crippen molar-refractivity contribution in [3.63, 3.8) is 0 Å². The maximum Gasteiger partial charge on any atom is 0.409 e. The van der Waals surface area contributed by atoms with Crippen LogP contribution in [0.1, 0.15) is 56.5 Å². The number of hydrogen-bond acceptors (Lipinski definition) is 11. The zero-order valence-electron chi connectivity index (χ0n) is 30.6. The number of carbonyl (C=O) groups is 4. The number of nitrogens with zero attached hydrogens (tertiary/aromatic N) is 1. The van der Waals surface area contributed by atoms with Crippen molar-refractivity contribution in [1.82, 2.24) is 5.32 Å². The van der Waals surface area contributed by atoms with Crippen LogP contribution in [-0.4, -0.2) is 91.6 Å². The number of thioether (sulfide) groups is 1. The van der Waals surface area contributed by atoms with Gasteiger partial charge in [-0.2, -0.15) is 0 Å². The van der Waals surface area contributed by atoms with Crippen molar-refractivity contribution in [2.45, 2.75) is 87.6 Å². The van der Waals surface area contributed by atoms with Crippen molar-refractivity contribution in [2.24, 2.45) is 5.92 Å². The number of aliphatic hydroxyl groups is 1. The normalized spacial score (nSPS) is 30.6. The van der Waals surface area contributed by atoms with Gasteiger partial charge in [0.05, 0.1) is 36.1 Å². The maximum atomic E-state index is 14.1. The number of rotatable bonds is 7. The first-order chi connectivity index (χ1) is 25.0.